The van der Waals surface area contributed by atoms with Crippen LogP contribution in [0.25, 0.3) is 11.1 Å². The third-order valence-corrected chi connectivity index (χ3v) is 3.01. The number of halogens is 1. The third-order valence-electron chi connectivity index (χ3n) is 2.81. The molecule has 0 aliphatic heterocycles. The zero-order chi connectivity index (χ0) is 16.1. The molecule has 0 aliphatic rings. The molecular formula is C14H15FN4O2S. The van der Waals surface area contributed by atoms with Gasteiger partial charge in [0.15, 0.2) is 5.11 Å². The number of H-pyrrole nitrogens is 1. The SMILES string of the molecule is CCOC(=O)NC(=S)Nc1[nH]nc(C)c1-c1ccc(F)cc1. The number of aryl methyl sites for hydroxylation is 1. The van der Waals surface area contributed by atoms with E-state index >= 15 is 0 Å². The number of thiocarbonyl (C=S) groups is 1. The Labute approximate surface area is 132 Å². The topological polar surface area (TPSA) is 79.0 Å². The second-order valence-electron chi connectivity index (χ2n) is 4.37. The van der Waals surface area contributed by atoms with Gasteiger partial charge in [0.1, 0.15) is 11.6 Å². The lowest BCUT2D eigenvalue weighted by atomic mass is 10.1. The van der Waals surface area contributed by atoms with Gasteiger partial charge in [0.25, 0.3) is 0 Å². The van der Waals surface area contributed by atoms with E-state index in [2.05, 4.69) is 20.8 Å². The molecule has 1 heterocycles. The van der Waals surface area contributed by atoms with E-state index in [1.165, 1.54) is 12.1 Å². The molecule has 0 radical (unpaired) electrons. The van der Waals surface area contributed by atoms with E-state index in [1.54, 1.807) is 19.1 Å². The van der Waals surface area contributed by atoms with Crippen LogP contribution in [-0.4, -0.2) is 28.0 Å². The molecular weight excluding hydrogens is 307 g/mol. The lowest BCUT2D eigenvalue weighted by molar-refractivity contribution is 0.158. The number of alkyl carbamates (subject to hydrolysis) is 1. The number of carbonyl (C=O) groups excluding carboxylic acids is 1. The molecule has 1 amide bonds. The molecule has 2 rings (SSSR count). The smallest absolute Gasteiger partial charge is 0.413 e. The first-order valence-corrected chi connectivity index (χ1v) is 6.97. The normalized spacial score (nSPS) is 10.1. The molecule has 0 bridgehead atoms. The van der Waals surface area contributed by atoms with Gasteiger partial charge in [-0.2, -0.15) is 5.10 Å². The van der Waals surface area contributed by atoms with Crippen LogP contribution in [-0.2, 0) is 4.74 Å². The summed E-state index contributed by atoms with van der Waals surface area (Å²) in [4.78, 5) is 11.3. The van der Waals surface area contributed by atoms with E-state index in [1.807, 2.05) is 6.92 Å². The maximum absolute atomic E-state index is 13.0. The molecule has 1 aromatic heterocycles. The molecule has 6 nitrogen and oxygen atoms in total. The van der Waals surface area contributed by atoms with Gasteiger partial charge in [-0.25, -0.2) is 9.18 Å². The Kier molecular flexibility index (Phi) is 5.05. The quantitative estimate of drug-likeness (QED) is 0.757. The standard InChI is InChI=1S/C14H15FN4O2S/c1-3-21-14(20)17-13(22)16-12-11(8(2)18-19-12)9-4-6-10(15)7-5-9/h4-7H,3H2,1-2H3,(H3,16,17,18,19,20,22). The van der Waals surface area contributed by atoms with E-state index in [9.17, 15) is 9.18 Å². The highest BCUT2D eigenvalue weighted by atomic mass is 32.1. The van der Waals surface area contributed by atoms with Crippen LogP contribution in [0.3, 0.4) is 0 Å². The minimum Gasteiger partial charge on any atom is -0.450 e. The van der Waals surface area contributed by atoms with Crippen LogP contribution in [0.1, 0.15) is 12.6 Å². The molecule has 2 aromatic rings. The Morgan fingerprint density at radius 3 is 2.73 bits per heavy atom. The predicted molar refractivity (Wildman–Crippen MR) is 85.1 cm³/mol. The number of anilines is 1. The summed E-state index contributed by atoms with van der Waals surface area (Å²) < 4.78 is 17.8. The highest BCUT2D eigenvalue weighted by Crippen LogP contribution is 2.29. The molecule has 0 saturated heterocycles. The van der Waals surface area contributed by atoms with Gasteiger partial charge in [-0.15, -0.1) is 0 Å². The number of amides is 1. The Hall–Kier alpha value is -2.48. The van der Waals surface area contributed by atoms with Crippen LogP contribution in [0.5, 0.6) is 0 Å². The first-order chi connectivity index (χ1) is 10.5. The number of rotatable bonds is 3. The van der Waals surface area contributed by atoms with Crippen molar-refractivity contribution in [2.45, 2.75) is 13.8 Å². The summed E-state index contributed by atoms with van der Waals surface area (Å²) in [5.74, 6) is 0.185. The number of aromatic amines is 1. The summed E-state index contributed by atoms with van der Waals surface area (Å²) in [5, 5.41) is 12.2. The van der Waals surface area contributed by atoms with Gasteiger partial charge in [0.2, 0.25) is 0 Å². The van der Waals surface area contributed by atoms with Crippen LogP contribution in [0.15, 0.2) is 24.3 Å². The lowest BCUT2D eigenvalue weighted by Gasteiger charge is -2.10. The molecule has 1 aromatic carbocycles. The van der Waals surface area contributed by atoms with Gasteiger partial charge >= 0.3 is 6.09 Å². The van der Waals surface area contributed by atoms with Crippen molar-refractivity contribution in [3.05, 3.63) is 35.8 Å². The maximum atomic E-state index is 13.0. The molecule has 0 atom stereocenters. The highest BCUT2D eigenvalue weighted by molar-refractivity contribution is 7.80. The van der Waals surface area contributed by atoms with Crippen molar-refractivity contribution < 1.29 is 13.9 Å². The summed E-state index contributed by atoms with van der Waals surface area (Å²) in [7, 11) is 0. The van der Waals surface area contributed by atoms with Crippen molar-refractivity contribution in [3.8, 4) is 11.1 Å². The van der Waals surface area contributed by atoms with Crippen LogP contribution >= 0.6 is 12.2 Å². The van der Waals surface area contributed by atoms with Crippen LogP contribution in [0, 0.1) is 12.7 Å². The van der Waals surface area contributed by atoms with Gasteiger partial charge in [-0.1, -0.05) is 12.1 Å². The third kappa shape index (κ3) is 3.79. The number of nitrogens with one attached hydrogen (secondary N) is 3. The van der Waals surface area contributed by atoms with Crippen molar-refractivity contribution in [1.29, 1.82) is 0 Å². The first-order valence-electron chi connectivity index (χ1n) is 6.57. The van der Waals surface area contributed by atoms with E-state index in [-0.39, 0.29) is 17.5 Å². The molecule has 3 N–H and O–H groups in total. The number of aromatic nitrogens is 2. The van der Waals surface area contributed by atoms with Gasteiger partial charge in [0, 0.05) is 5.56 Å². The molecule has 8 heteroatoms. The number of benzene rings is 1. The Balaban J connectivity index is 2.17. The van der Waals surface area contributed by atoms with Crippen molar-refractivity contribution in [2.75, 3.05) is 11.9 Å². The summed E-state index contributed by atoms with van der Waals surface area (Å²) >= 11 is 5.04. The summed E-state index contributed by atoms with van der Waals surface area (Å²) in [5.41, 5.74) is 2.23. The van der Waals surface area contributed by atoms with E-state index < -0.39 is 6.09 Å². The molecule has 0 unspecified atom stereocenters. The van der Waals surface area contributed by atoms with Crippen molar-refractivity contribution in [2.24, 2.45) is 0 Å². The Morgan fingerprint density at radius 2 is 2.09 bits per heavy atom. The zero-order valence-corrected chi connectivity index (χ0v) is 12.9. The van der Waals surface area contributed by atoms with Crippen molar-refractivity contribution >= 4 is 29.2 Å². The van der Waals surface area contributed by atoms with E-state index in [0.29, 0.717) is 11.5 Å². The molecule has 22 heavy (non-hydrogen) atoms. The summed E-state index contributed by atoms with van der Waals surface area (Å²) in [6.45, 7) is 3.75. The summed E-state index contributed by atoms with van der Waals surface area (Å²) in [6.07, 6.45) is -0.639. The van der Waals surface area contributed by atoms with Crippen LogP contribution < -0.4 is 10.6 Å². The van der Waals surface area contributed by atoms with Crippen molar-refractivity contribution in [1.82, 2.24) is 15.5 Å². The van der Waals surface area contributed by atoms with E-state index in [4.69, 9.17) is 17.0 Å². The minimum atomic E-state index is -0.639. The largest absolute Gasteiger partial charge is 0.450 e. The Bertz CT molecular complexity index is 685. The van der Waals surface area contributed by atoms with Crippen LogP contribution in [0.2, 0.25) is 0 Å². The van der Waals surface area contributed by atoms with Crippen molar-refractivity contribution in [3.63, 3.8) is 0 Å². The number of carbonyl (C=O) groups is 1. The molecule has 0 saturated carbocycles. The molecule has 0 aliphatic carbocycles. The fourth-order valence-corrected chi connectivity index (χ4v) is 2.08. The second-order valence-corrected chi connectivity index (χ2v) is 4.77. The first kappa shape index (κ1) is 15.9. The van der Waals surface area contributed by atoms with Gasteiger partial charge in [-0.05, 0) is 43.8 Å². The predicted octanol–water partition coefficient (Wildman–Crippen LogP) is 2.97. The molecule has 0 fully saturated rings. The summed E-state index contributed by atoms with van der Waals surface area (Å²) in [6, 6.07) is 6.00. The average molecular weight is 322 g/mol. The minimum absolute atomic E-state index is 0.0745. The highest BCUT2D eigenvalue weighted by Gasteiger charge is 2.14. The number of hydrogen-bond donors (Lipinski definition) is 3. The number of ether oxygens (including phenoxy) is 1. The van der Waals surface area contributed by atoms with Gasteiger partial charge in [0.05, 0.1) is 12.3 Å². The lowest BCUT2D eigenvalue weighted by Crippen LogP contribution is -2.34. The number of nitrogens with zero attached hydrogens (tertiary/aromatic N) is 1. The number of hydrogen-bond acceptors (Lipinski definition) is 4. The average Bonchev–Trinajstić information content (AvgIpc) is 2.81. The maximum Gasteiger partial charge on any atom is 0.413 e. The second kappa shape index (κ2) is 6.99. The fourth-order valence-electron chi connectivity index (χ4n) is 1.90. The van der Waals surface area contributed by atoms with Gasteiger partial charge < -0.3 is 10.1 Å². The fraction of sp³-hybridized carbons (Fsp3) is 0.214. The molecule has 116 valence electrons. The van der Waals surface area contributed by atoms with E-state index in [0.717, 1.165) is 11.1 Å². The zero-order valence-electron chi connectivity index (χ0n) is 12.1. The van der Waals surface area contributed by atoms with Gasteiger partial charge in [-0.3, -0.25) is 10.4 Å². The monoisotopic (exact) mass is 322 g/mol. The van der Waals surface area contributed by atoms with Crippen LogP contribution in [0.4, 0.5) is 15.0 Å². The Morgan fingerprint density at radius 1 is 1.41 bits per heavy atom. The molecule has 0 spiro atoms.